The molecule has 1 aromatic carbocycles. The molecule has 104 valence electrons. The van der Waals surface area contributed by atoms with E-state index in [9.17, 15) is 0 Å². The van der Waals surface area contributed by atoms with Crippen LogP contribution in [0.3, 0.4) is 0 Å². The first-order valence-corrected chi connectivity index (χ1v) is 6.79. The molecule has 0 atom stereocenters. The zero-order chi connectivity index (χ0) is 14.3. The van der Waals surface area contributed by atoms with E-state index in [0.717, 1.165) is 29.3 Å². The Balaban J connectivity index is 2.09. The first-order valence-electron chi connectivity index (χ1n) is 6.79. The van der Waals surface area contributed by atoms with Crippen LogP contribution in [0.25, 0.3) is 17.2 Å². The average Bonchev–Trinajstić information content (AvgIpc) is 2.93. The van der Waals surface area contributed by atoms with Crippen molar-refractivity contribution in [3.8, 4) is 11.4 Å². The minimum Gasteiger partial charge on any atom is -0.330 e. The van der Waals surface area contributed by atoms with Crippen LogP contribution in [0.4, 0.5) is 0 Å². The van der Waals surface area contributed by atoms with Crippen molar-refractivity contribution in [1.29, 1.82) is 0 Å². The molecule has 20 heavy (non-hydrogen) atoms. The molecule has 2 aromatic heterocycles. The lowest BCUT2D eigenvalue weighted by atomic mass is 10.1. The quantitative estimate of drug-likeness (QED) is 0.789. The highest BCUT2D eigenvalue weighted by atomic mass is 15.4. The number of nitrogens with two attached hydrogens (primary N) is 1. The number of hydrogen-bond donors (Lipinski definition) is 1. The summed E-state index contributed by atoms with van der Waals surface area (Å²) < 4.78 is 3.85. The molecule has 0 bridgehead atoms. The minimum absolute atomic E-state index is 0.605. The molecule has 0 aliphatic heterocycles. The van der Waals surface area contributed by atoms with Gasteiger partial charge in [0.25, 0.3) is 0 Å². The van der Waals surface area contributed by atoms with Crippen LogP contribution < -0.4 is 5.73 Å². The predicted octanol–water partition coefficient (Wildman–Crippen LogP) is 1.85. The fraction of sp³-hybridized carbons (Fsp3) is 0.333. The Kier molecular flexibility index (Phi) is 3.06. The molecule has 2 N–H and O–H groups in total. The highest BCUT2D eigenvalue weighted by Crippen LogP contribution is 2.22. The molecule has 0 amide bonds. The molecule has 0 aliphatic carbocycles. The summed E-state index contributed by atoms with van der Waals surface area (Å²) in [5, 5.41) is 4.63. The maximum atomic E-state index is 5.56. The Hall–Kier alpha value is -2.14. The molecule has 5 nitrogen and oxygen atoms in total. The number of benzene rings is 1. The van der Waals surface area contributed by atoms with Crippen LogP contribution in [0.2, 0.25) is 0 Å². The maximum Gasteiger partial charge on any atom is 0.232 e. The summed E-state index contributed by atoms with van der Waals surface area (Å²) in [7, 11) is 1.99. The summed E-state index contributed by atoms with van der Waals surface area (Å²) >= 11 is 0. The van der Waals surface area contributed by atoms with E-state index in [1.807, 2.05) is 22.3 Å². The van der Waals surface area contributed by atoms with E-state index >= 15 is 0 Å². The van der Waals surface area contributed by atoms with Gasteiger partial charge in [0.2, 0.25) is 5.78 Å². The summed E-state index contributed by atoms with van der Waals surface area (Å²) in [5.41, 5.74) is 10.2. The monoisotopic (exact) mass is 269 g/mol. The Morgan fingerprint density at radius 3 is 2.65 bits per heavy atom. The predicted molar refractivity (Wildman–Crippen MR) is 79.6 cm³/mol. The van der Waals surface area contributed by atoms with Crippen LogP contribution in [0.15, 0.2) is 24.4 Å². The van der Waals surface area contributed by atoms with Gasteiger partial charge in [-0.25, -0.2) is 9.50 Å². The number of hydrogen-bond acceptors (Lipinski definition) is 3. The van der Waals surface area contributed by atoms with Crippen LogP contribution in [-0.4, -0.2) is 25.7 Å². The van der Waals surface area contributed by atoms with E-state index < -0.39 is 0 Å². The van der Waals surface area contributed by atoms with Crippen molar-refractivity contribution < 1.29 is 0 Å². The van der Waals surface area contributed by atoms with E-state index in [-0.39, 0.29) is 0 Å². The Morgan fingerprint density at radius 1 is 1.20 bits per heavy atom. The first-order chi connectivity index (χ1) is 9.60. The molecule has 0 radical (unpaired) electrons. The van der Waals surface area contributed by atoms with Crippen LogP contribution in [0.1, 0.15) is 16.8 Å². The van der Waals surface area contributed by atoms with Crippen molar-refractivity contribution in [2.24, 2.45) is 12.8 Å². The van der Waals surface area contributed by atoms with Gasteiger partial charge in [-0.1, -0.05) is 12.1 Å². The van der Waals surface area contributed by atoms with Crippen LogP contribution in [0.5, 0.6) is 0 Å². The lowest BCUT2D eigenvalue weighted by Crippen LogP contribution is -2.03. The van der Waals surface area contributed by atoms with Gasteiger partial charge < -0.3 is 5.73 Å². The number of nitrogens with zero attached hydrogens (tertiary/aromatic N) is 4. The normalized spacial score (nSPS) is 11.4. The molecule has 0 spiro atoms. The zero-order valence-electron chi connectivity index (χ0n) is 12.1. The summed E-state index contributed by atoms with van der Waals surface area (Å²) in [6, 6.07) is 6.39. The summed E-state index contributed by atoms with van der Waals surface area (Å²) in [5.74, 6) is 1.77. The molecule has 0 saturated carbocycles. The highest BCUT2D eigenvalue weighted by Gasteiger charge is 2.13. The topological polar surface area (TPSA) is 61.1 Å². The second-order valence-corrected chi connectivity index (χ2v) is 5.20. The summed E-state index contributed by atoms with van der Waals surface area (Å²) in [6.45, 7) is 4.84. The van der Waals surface area contributed by atoms with Crippen LogP contribution in [-0.2, 0) is 13.5 Å². The molecule has 0 saturated heterocycles. The van der Waals surface area contributed by atoms with Crippen molar-refractivity contribution >= 4 is 5.78 Å². The fourth-order valence-corrected chi connectivity index (χ4v) is 2.37. The van der Waals surface area contributed by atoms with Crippen molar-refractivity contribution in [3.05, 3.63) is 41.2 Å². The molecule has 3 aromatic rings. The van der Waals surface area contributed by atoms with Crippen LogP contribution >= 0.6 is 0 Å². The van der Waals surface area contributed by atoms with Gasteiger partial charge in [0, 0.05) is 19.0 Å². The SMILES string of the molecule is Cc1ccc(-c2nn3cc(CCN)nc3n2C)cc1C. The zero-order valence-corrected chi connectivity index (χ0v) is 12.1. The molecule has 0 aliphatic rings. The molecular formula is C15H19N5. The van der Waals surface area contributed by atoms with Crippen molar-refractivity contribution in [2.45, 2.75) is 20.3 Å². The molecule has 0 unspecified atom stereocenters. The van der Waals surface area contributed by atoms with E-state index in [1.54, 1.807) is 0 Å². The fourth-order valence-electron chi connectivity index (χ4n) is 2.37. The van der Waals surface area contributed by atoms with Crippen molar-refractivity contribution in [3.63, 3.8) is 0 Å². The Labute approximate surface area is 118 Å². The first kappa shape index (κ1) is 12.9. The molecule has 3 rings (SSSR count). The Morgan fingerprint density at radius 2 is 2.00 bits per heavy atom. The van der Waals surface area contributed by atoms with Gasteiger partial charge in [-0.2, -0.15) is 0 Å². The van der Waals surface area contributed by atoms with Gasteiger partial charge in [-0.05, 0) is 37.6 Å². The second-order valence-electron chi connectivity index (χ2n) is 5.20. The molecular weight excluding hydrogens is 250 g/mol. The highest BCUT2D eigenvalue weighted by molar-refractivity contribution is 5.60. The van der Waals surface area contributed by atoms with E-state index in [1.165, 1.54) is 11.1 Å². The van der Waals surface area contributed by atoms with Crippen LogP contribution in [0, 0.1) is 13.8 Å². The molecule has 2 heterocycles. The number of fused-ring (bicyclic) bond motifs is 1. The average molecular weight is 269 g/mol. The van der Waals surface area contributed by atoms with Crippen molar-refractivity contribution in [2.75, 3.05) is 6.54 Å². The van der Waals surface area contributed by atoms with E-state index in [0.29, 0.717) is 6.54 Å². The minimum atomic E-state index is 0.605. The molecule has 5 heteroatoms. The van der Waals surface area contributed by atoms with Gasteiger partial charge in [0.1, 0.15) is 0 Å². The smallest absolute Gasteiger partial charge is 0.232 e. The summed E-state index contributed by atoms with van der Waals surface area (Å²) in [6.07, 6.45) is 2.73. The molecule has 0 fully saturated rings. The maximum absolute atomic E-state index is 5.56. The third-order valence-corrected chi connectivity index (χ3v) is 3.71. The van der Waals surface area contributed by atoms with Gasteiger partial charge in [0.05, 0.1) is 11.9 Å². The van der Waals surface area contributed by atoms with Gasteiger partial charge in [0.15, 0.2) is 5.82 Å². The van der Waals surface area contributed by atoms with Crippen molar-refractivity contribution in [1.82, 2.24) is 19.2 Å². The standard InChI is InChI=1S/C15H19N5/c1-10-4-5-12(8-11(10)2)14-18-20-9-13(6-7-16)17-15(20)19(14)3/h4-5,8-9H,6-7,16H2,1-3H3. The lowest BCUT2D eigenvalue weighted by Gasteiger charge is -2.04. The Bertz CT molecular complexity index is 766. The number of imidazole rings is 1. The van der Waals surface area contributed by atoms with E-state index in [4.69, 9.17) is 5.73 Å². The second kappa shape index (κ2) is 4.76. The number of aryl methyl sites for hydroxylation is 3. The van der Waals surface area contributed by atoms with E-state index in [2.05, 4.69) is 42.1 Å². The number of rotatable bonds is 3. The van der Waals surface area contributed by atoms with Gasteiger partial charge in [-0.15, -0.1) is 5.10 Å². The third kappa shape index (κ3) is 2.00. The largest absolute Gasteiger partial charge is 0.330 e. The van der Waals surface area contributed by atoms with Gasteiger partial charge >= 0.3 is 0 Å². The lowest BCUT2D eigenvalue weighted by molar-refractivity contribution is 0.903. The van der Waals surface area contributed by atoms with Gasteiger partial charge in [-0.3, -0.25) is 4.57 Å². The summed E-state index contributed by atoms with van der Waals surface area (Å²) in [4.78, 5) is 4.57. The number of aromatic nitrogens is 4. The third-order valence-electron chi connectivity index (χ3n) is 3.71.